The van der Waals surface area contributed by atoms with Gasteiger partial charge in [-0.1, -0.05) is 31.5 Å². The van der Waals surface area contributed by atoms with Crippen molar-refractivity contribution < 1.29 is 0 Å². The highest BCUT2D eigenvalue weighted by atomic mass is 15.0. The molecular weight excluding hydrogens is 230 g/mol. The van der Waals surface area contributed by atoms with Crippen LogP contribution in [0.4, 0.5) is 5.69 Å². The molecule has 0 heterocycles. The molecule has 0 aliphatic heterocycles. The highest BCUT2D eigenvalue weighted by Gasteiger charge is 2.56. The quantitative estimate of drug-likeness (QED) is 0.814. The zero-order chi connectivity index (χ0) is 12.9. The minimum absolute atomic E-state index is 0.418. The molecule has 4 bridgehead atoms. The van der Waals surface area contributed by atoms with Gasteiger partial charge in [0.2, 0.25) is 0 Å². The second-order valence-electron chi connectivity index (χ2n) is 7.59. The summed E-state index contributed by atoms with van der Waals surface area (Å²) in [6.07, 6.45) is 10.2. The van der Waals surface area contributed by atoms with Gasteiger partial charge in [0.05, 0.1) is 0 Å². The number of benzene rings is 1. The number of hydrogen-bond donors (Lipinski definition) is 1. The van der Waals surface area contributed by atoms with Gasteiger partial charge in [0.1, 0.15) is 0 Å². The fourth-order valence-corrected chi connectivity index (χ4v) is 5.84. The Hall–Kier alpha value is -0.980. The standard InChI is InChI=1S/C18H25N/c1-2-17-9-14-8-15(10-17)12-18(11-14,13-17)19-16-6-4-3-5-7-16/h3-7,14-15,19H,2,8-13H2,1H3. The van der Waals surface area contributed by atoms with E-state index in [4.69, 9.17) is 0 Å². The van der Waals surface area contributed by atoms with E-state index >= 15 is 0 Å². The minimum atomic E-state index is 0.418. The van der Waals surface area contributed by atoms with Crippen LogP contribution in [-0.4, -0.2) is 5.54 Å². The Balaban J connectivity index is 1.64. The SMILES string of the molecule is CCC12CC3CC(C1)CC(Nc1ccccc1)(C3)C2. The number of nitrogens with one attached hydrogen (secondary N) is 1. The Morgan fingerprint density at radius 3 is 2.37 bits per heavy atom. The molecule has 2 unspecified atom stereocenters. The highest BCUT2D eigenvalue weighted by Crippen LogP contribution is 2.63. The van der Waals surface area contributed by atoms with Gasteiger partial charge in [0.15, 0.2) is 0 Å². The third kappa shape index (κ3) is 1.89. The van der Waals surface area contributed by atoms with E-state index in [1.807, 2.05) is 0 Å². The van der Waals surface area contributed by atoms with Crippen LogP contribution in [-0.2, 0) is 0 Å². The first-order chi connectivity index (χ1) is 9.21. The van der Waals surface area contributed by atoms with Crippen LogP contribution in [0.1, 0.15) is 51.9 Å². The second kappa shape index (κ2) is 4.01. The first-order valence-electron chi connectivity index (χ1n) is 8.04. The topological polar surface area (TPSA) is 12.0 Å². The monoisotopic (exact) mass is 255 g/mol. The predicted molar refractivity (Wildman–Crippen MR) is 80.2 cm³/mol. The van der Waals surface area contributed by atoms with Crippen molar-refractivity contribution in [3.8, 4) is 0 Å². The molecule has 1 heteroatoms. The molecule has 1 N–H and O–H groups in total. The largest absolute Gasteiger partial charge is 0.380 e. The molecule has 5 rings (SSSR count). The smallest absolute Gasteiger partial charge is 0.0384 e. The molecule has 0 radical (unpaired) electrons. The zero-order valence-corrected chi connectivity index (χ0v) is 12.0. The molecule has 1 nitrogen and oxygen atoms in total. The third-order valence-corrected chi connectivity index (χ3v) is 6.12. The van der Waals surface area contributed by atoms with Gasteiger partial charge in [0.25, 0.3) is 0 Å². The van der Waals surface area contributed by atoms with Crippen molar-refractivity contribution in [2.24, 2.45) is 17.3 Å². The van der Waals surface area contributed by atoms with Crippen molar-refractivity contribution in [2.75, 3.05) is 5.32 Å². The second-order valence-corrected chi connectivity index (χ2v) is 7.59. The highest BCUT2D eigenvalue weighted by molar-refractivity contribution is 5.46. The predicted octanol–water partition coefficient (Wildman–Crippen LogP) is 4.85. The minimum Gasteiger partial charge on any atom is -0.380 e. The summed E-state index contributed by atoms with van der Waals surface area (Å²) in [4.78, 5) is 0. The molecule has 4 aliphatic carbocycles. The number of anilines is 1. The van der Waals surface area contributed by atoms with Gasteiger partial charge in [0, 0.05) is 11.2 Å². The molecule has 0 aromatic heterocycles. The van der Waals surface area contributed by atoms with E-state index < -0.39 is 0 Å². The Morgan fingerprint density at radius 2 is 1.74 bits per heavy atom. The molecule has 0 spiro atoms. The first-order valence-corrected chi connectivity index (χ1v) is 8.04. The third-order valence-electron chi connectivity index (χ3n) is 6.12. The Kier molecular flexibility index (Phi) is 2.49. The molecule has 0 saturated heterocycles. The van der Waals surface area contributed by atoms with Gasteiger partial charge >= 0.3 is 0 Å². The average molecular weight is 255 g/mol. The molecule has 4 aliphatic rings. The fourth-order valence-electron chi connectivity index (χ4n) is 5.84. The summed E-state index contributed by atoms with van der Waals surface area (Å²) in [5.74, 6) is 2.00. The van der Waals surface area contributed by atoms with Gasteiger partial charge < -0.3 is 5.32 Å². The van der Waals surface area contributed by atoms with E-state index in [-0.39, 0.29) is 0 Å². The number of rotatable bonds is 3. The van der Waals surface area contributed by atoms with E-state index in [9.17, 15) is 0 Å². The Labute approximate surface area is 116 Å². The van der Waals surface area contributed by atoms with Gasteiger partial charge in [-0.2, -0.15) is 0 Å². The molecule has 0 amide bonds. The lowest BCUT2D eigenvalue weighted by molar-refractivity contribution is -0.0607. The molecule has 4 saturated carbocycles. The molecule has 2 atom stereocenters. The van der Waals surface area contributed by atoms with E-state index in [0.29, 0.717) is 11.0 Å². The lowest BCUT2D eigenvalue weighted by Gasteiger charge is -2.62. The summed E-state index contributed by atoms with van der Waals surface area (Å²) in [7, 11) is 0. The summed E-state index contributed by atoms with van der Waals surface area (Å²) in [6, 6.07) is 10.9. The van der Waals surface area contributed by atoms with Gasteiger partial charge in [-0.15, -0.1) is 0 Å². The summed E-state index contributed by atoms with van der Waals surface area (Å²) in [6.45, 7) is 2.42. The Morgan fingerprint density at radius 1 is 1.05 bits per heavy atom. The first kappa shape index (κ1) is 11.8. The average Bonchev–Trinajstić information content (AvgIpc) is 2.38. The van der Waals surface area contributed by atoms with Crippen molar-refractivity contribution in [1.82, 2.24) is 0 Å². The van der Waals surface area contributed by atoms with Gasteiger partial charge in [-0.25, -0.2) is 0 Å². The van der Waals surface area contributed by atoms with E-state index in [1.165, 1.54) is 50.6 Å². The lowest BCUT2D eigenvalue weighted by Crippen LogP contribution is -2.58. The zero-order valence-electron chi connectivity index (χ0n) is 12.0. The lowest BCUT2D eigenvalue weighted by atomic mass is 9.46. The maximum atomic E-state index is 3.95. The maximum absolute atomic E-state index is 3.95. The van der Waals surface area contributed by atoms with Crippen LogP contribution in [0.2, 0.25) is 0 Å². The van der Waals surface area contributed by atoms with Crippen molar-refractivity contribution >= 4 is 5.69 Å². The molecule has 19 heavy (non-hydrogen) atoms. The van der Waals surface area contributed by atoms with Crippen LogP contribution in [0.5, 0.6) is 0 Å². The van der Waals surface area contributed by atoms with Crippen molar-refractivity contribution in [1.29, 1.82) is 0 Å². The number of hydrogen-bond acceptors (Lipinski definition) is 1. The van der Waals surface area contributed by atoms with Crippen LogP contribution in [0.3, 0.4) is 0 Å². The van der Waals surface area contributed by atoms with E-state index in [2.05, 4.69) is 42.6 Å². The van der Waals surface area contributed by atoms with Gasteiger partial charge in [-0.05, 0) is 67.9 Å². The normalized spacial score (nSPS) is 43.4. The fraction of sp³-hybridized carbons (Fsp3) is 0.667. The van der Waals surface area contributed by atoms with Crippen molar-refractivity contribution in [2.45, 2.75) is 57.4 Å². The van der Waals surface area contributed by atoms with Crippen LogP contribution in [0.25, 0.3) is 0 Å². The molecular formula is C18H25N. The maximum Gasteiger partial charge on any atom is 0.0384 e. The summed E-state index contributed by atoms with van der Waals surface area (Å²) in [5.41, 5.74) is 2.42. The van der Waals surface area contributed by atoms with Crippen LogP contribution in [0, 0.1) is 17.3 Å². The van der Waals surface area contributed by atoms with Crippen LogP contribution < -0.4 is 5.32 Å². The molecule has 1 aromatic carbocycles. The molecule has 102 valence electrons. The summed E-state index contributed by atoms with van der Waals surface area (Å²) in [5, 5.41) is 3.95. The number of para-hydroxylation sites is 1. The van der Waals surface area contributed by atoms with E-state index in [1.54, 1.807) is 0 Å². The van der Waals surface area contributed by atoms with Gasteiger partial charge in [-0.3, -0.25) is 0 Å². The van der Waals surface area contributed by atoms with E-state index in [0.717, 1.165) is 11.8 Å². The van der Waals surface area contributed by atoms with Crippen LogP contribution >= 0.6 is 0 Å². The van der Waals surface area contributed by atoms with Crippen molar-refractivity contribution in [3.05, 3.63) is 30.3 Å². The molecule has 4 fully saturated rings. The molecule has 1 aromatic rings. The summed E-state index contributed by atoms with van der Waals surface area (Å²) < 4.78 is 0. The van der Waals surface area contributed by atoms with Crippen molar-refractivity contribution in [3.63, 3.8) is 0 Å². The Bertz CT molecular complexity index is 450. The van der Waals surface area contributed by atoms with Crippen LogP contribution in [0.15, 0.2) is 30.3 Å². The summed E-state index contributed by atoms with van der Waals surface area (Å²) >= 11 is 0.